The monoisotopic (exact) mass is 353 g/mol. The third-order valence-corrected chi connectivity index (χ3v) is 5.02. The maximum Gasteiger partial charge on any atom is 0.0587 e. The Morgan fingerprint density at radius 2 is 1.95 bits per heavy atom. The fraction of sp³-hybridized carbons (Fsp3) is 0.667. The first-order chi connectivity index (χ1) is 10.3. The van der Waals surface area contributed by atoms with E-state index in [2.05, 4.69) is 45.5 Å². The molecule has 0 saturated heterocycles. The smallest absolute Gasteiger partial charge is 0.0587 e. The third-order valence-electron chi connectivity index (χ3n) is 4.50. The van der Waals surface area contributed by atoms with Crippen LogP contribution in [0.15, 0.2) is 28.7 Å². The Hall–Kier alpha value is -0.380. The van der Waals surface area contributed by atoms with E-state index in [9.17, 15) is 0 Å². The van der Waals surface area contributed by atoms with Crippen molar-refractivity contribution in [3.63, 3.8) is 0 Å². The van der Waals surface area contributed by atoms with Gasteiger partial charge in [-0.2, -0.15) is 0 Å². The van der Waals surface area contributed by atoms with Gasteiger partial charge in [-0.15, -0.1) is 0 Å². The fourth-order valence-corrected chi connectivity index (χ4v) is 3.65. The number of hydrogen-bond donors (Lipinski definition) is 1. The van der Waals surface area contributed by atoms with Gasteiger partial charge in [-0.05, 0) is 48.9 Å². The number of nitrogens with one attached hydrogen (secondary N) is 1. The summed E-state index contributed by atoms with van der Waals surface area (Å²) in [6.45, 7) is 2.86. The predicted molar refractivity (Wildman–Crippen MR) is 92.7 cm³/mol. The molecule has 0 aromatic heterocycles. The maximum absolute atomic E-state index is 5.12. The Bertz CT molecular complexity index is 387. The van der Waals surface area contributed by atoms with Crippen LogP contribution in [0.1, 0.15) is 37.7 Å². The van der Waals surface area contributed by atoms with Gasteiger partial charge in [0.05, 0.1) is 6.61 Å². The van der Waals surface area contributed by atoms with Gasteiger partial charge >= 0.3 is 0 Å². The van der Waals surface area contributed by atoms with E-state index in [-0.39, 0.29) is 0 Å². The highest BCUT2D eigenvalue weighted by Gasteiger charge is 2.20. The van der Waals surface area contributed by atoms with Gasteiger partial charge in [0.25, 0.3) is 0 Å². The minimum atomic E-state index is 0.742. The minimum absolute atomic E-state index is 0.742. The van der Waals surface area contributed by atoms with Crippen molar-refractivity contribution in [2.45, 2.75) is 38.5 Å². The molecule has 0 aliphatic heterocycles. The number of methoxy groups -OCH3 is 1. The summed E-state index contributed by atoms with van der Waals surface area (Å²) in [5.74, 6) is 1.70. The first-order valence-electron chi connectivity index (χ1n) is 8.22. The molecule has 0 spiro atoms. The highest BCUT2D eigenvalue weighted by Crippen LogP contribution is 2.31. The number of halogens is 1. The van der Waals surface area contributed by atoms with E-state index >= 15 is 0 Å². The van der Waals surface area contributed by atoms with Crippen LogP contribution < -0.4 is 5.32 Å². The van der Waals surface area contributed by atoms with E-state index in [1.165, 1.54) is 44.1 Å². The van der Waals surface area contributed by atoms with Crippen molar-refractivity contribution in [1.29, 1.82) is 0 Å². The average molecular weight is 354 g/mol. The molecule has 1 fully saturated rings. The lowest BCUT2D eigenvalue weighted by Gasteiger charge is -2.21. The van der Waals surface area contributed by atoms with Crippen LogP contribution in [0.25, 0.3) is 0 Å². The van der Waals surface area contributed by atoms with Crippen LogP contribution in [0, 0.1) is 11.8 Å². The molecule has 0 amide bonds. The first kappa shape index (κ1) is 17.0. The Morgan fingerprint density at radius 3 is 2.62 bits per heavy atom. The SMILES string of the molecule is COCCNCC(Cc1ccc(Br)cc1)CC1CCCC1. The molecule has 0 heterocycles. The van der Waals surface area contributed by atoms with Crippen LogP contribution in [0.4, 0.5) is 0 Å². The number of hydrogen-bond acceptors (Lipinski definition) is 2. The molecule has 1 aliphatic carbocycles. The highest BCUT2D eigenvalue weighted by atomic mass is 79.9. The molecule has 1 unspecified atom stereocenters. The molecular weight excluding hydrogens is 326 g/mol. The topological polar surface area (TPSA) is 21.3 Å². The summed E-state index contributed by atoms with van der Waals surface area (Å²) in [4.78, 5) is 0. The summed E-state index contributed by atoms with van der Waals surface area (Å²) >= 11 is 3.52. The van der Waals surface area contributed by atoms with Crippen LogP contribution in [-0.2, 0) is 11.2 Å². The zero-order valence-corrected chi connectivity index (χ0v) is 14.7. The Balaban J connectivity index is 1.85. The lowest BCUT2D eigenvalue weighted by Crippen LogP contribution is -2.28. The Kier molecular flexibility index (Phi) is 7.76. The Morgan fingerprint density at radius 1 is 1.24 bits per heavy atom. The van der Waals surface area contributed by atoms with Gasteiger partial charge in [0.2, 0.25) is 0 Å². The van der Waals surface area contributed by atoms with Gasteiger partial charge in [0.1, 0.15) is 0 Å². The van der Waals surface area contributed by atoms with Gasteiger partial charge in [-0.3, -0.25) is 0 Å². The summed E-state index contributed by atoms with van der Waals surface area (Å²) in [5.41, 5.74) is 1.45. The maximum atomic E-state index is 5.12. The van der Waals surface area contributed by atoms with Gasteiger partial charge in [0, 0.05) is 18.1 Å². The minimum Gasteiger partial charge on any atom is -0.383 e. The van der Waals surface area contributed by atoms with Crippen LogP contribution in [0.2, 0.25) is 0 Å². The normalized spacial score (nSPS) is 17.2. The van der Waals surface area contributed by atoms with Gasteiger partial charge in [-0.25, -0.2) is 0 Å². The zero-order valence-electron chi connectivity index (χ0n) is 13.1. The molecule has 0 radical (unpaired) electrons. The molecule has 1 aromatic rings. The van der Waals surface area contributed by atoms with E-state index < -0.39 is 0 Å². The van der Waals surface area contributed by atoms with Crippen LogP contribution >= 0.6 is 15.9 Å². The summed E-state index contributed by atoms with van der Waals surface area (Å²) in [7, 11) is 1.76. The van der Waals surface area contributed by atoms with Crippen LogP contribution in [-0.4, -0.2) is 26.8 Å². The van der Waals surface area contributed by atoms with Crippen molar-refractivity contribution < 1.29 is 4.74 Å². The van der Waals surface area contributed by atoms with Crippen molar-refractivity contribution in [2.24, 2.45) is 11.8 Å². The summed E-state index contributed by atoms with van der Waals surface area (Å²) < 4.78 is 6.28. The van der Waals surface area contributed by atoms with Crippen LogP contribution in [0.5, 0.6) is 0 Å². The van der Waals surface area contributed by atoms with Crippen molar-refractivity contribution in [1.82, 2.24) is 5.32 Å². The molecule has 1 saturated carbocycles. The standard InChI is InChI=1S/C18H28BrNO/c1-21-11-10-20-14-17(12-15-4-2-3-5-15)13-16-6-8-18(19)9-7-16/h6-9,15,17,20H,2-5,10-14H2,1H3. The molecule has 118 valence electrons. The molecule has 1 aliphatic rings. The van der Waals surface area contributed by atoms with E-state index in [1.807, 2.05) is 0 Å². The lowest BCUT2D eigenvalue weighted by molar-refractivity contribution is 0.196. The molecule has 21 heavy (non-hydrogen) atoms. The number of benzene rings is 1. The number of ether oxygens (including phenoxy) is 1. The molecule has 0 bridgehead atoms. The number of rotatable bonds is 9. The zero-order chi connectivity index (χ0) is 14.9. The van der Waals surface area contributed by atoms with Gasteiger partial charge in [0.15, 0.2) is 0 Å². The summed E-state index contributed by atoms with van der Waals surface area (Å²) in [6, 6.07) is 8.81. The van der Waals surface area contributed by atoms with Crippen molar-refractivity contribution in [3.8, 4) is 0 Å². The van der Waals surface area contributed by atoms with Crippen molar-refractivity contribution in [3.05, 3.63) is 34.3 Å². The molecule has 1 atom stereocenters. The summed E-state index contributed by atoms with van der Waals surface area (Å²) in [5, 5.41) is 3.56. The summed E-state index contributed by atoms with van der Waals surface area (Å²) in [6.07, 6.45) is 8.31. The second-order valence-corrected chi connectivity index (χ2v) is 7.20. The molecule has 2 rings (SSSR count). The van der Waals surface area contributed by atoms with Crippen LogP contribution in [0.3, 0.4) is 0 Å². The molecular formula is C18H28BrNO. The van der Waals surface area contributed by atoms with Crippen molar-refractivity contribution >= 4 is 15.9 Å². The van der Waals surface area contributed by atoms with E-state index in [1.54, 1.807) is 7.11 Å². The second-order valence-electron chi connectivity index (χ2n) is 6.28. The average Bonchev–Trinajstić information content (AvgIpc) is 2.99. The Labute approximate surface area is 137 Å². The first-order valence-corrected chi connectivity index (χ1v) is 9.01. The van der Waals surface area contributed by atoms with E-state index in [0.717, 1.165) is 36.0 Å². The quantitative estimate of drug-likeness (QED) is 0.663. The lowest BCUT2D eigenvalue weighted by atomic mass is 9.88. The fourth-order valence-electron chi connectivity index (χ4n) is 3.39. The van der Waals surface area contributed by atoms with Gasteiger partial charge < -0.3 is 10.1 Å². The molecule has 2 nitrogen and oxygen atoms in total. The van der Waals surface area contributed by atoms with E-state index in [4.69, 9.17) is 4.74 Å². The molecule has 1 N–H and O–H groups in total. The largest absolute Gasteiger partial charge is 0.383 e. The molecule has 1 aromatic carbocycles. The van der Waals surface area contributed by atoms with E-state index in [0.29, 0.717) is 0 Å². The van der Waals surface area contributed by atoms with Gasteiger partial charge in [-0.1, -0.05) is 53.7 Å². The van der Waals surface area contributed by atoms with Crippen molar-refractivity contribution in [2.75, 3.05) is 26.8 Å². The third kappa shape index (κ3) is 6.50. The molecule has 3 heteroatoms. The highest BCUT2D eigenvalue weighted by molar-refractivity contribution is 9.10. The predicted octanol–water partition coefficient (Wildman–Crippen LogP) is 4.42. The second kappa shape index (κ2) is 9.60.